The highest BCUT2D eigenvalue weighted by molar-refractivity contribution is 5.88. The van der Waals surface area contributed by atoms with Crippen molar-refractivity contribution in [2.24, 2.45) is 5.41 Å². The Labute approximate surface area is 196 Å². The number of rotatable bonds is 4. The SMILES string of the molecule is CO[C@@](C(=O)N1CCC2(CC1)CC(=O)NC[C@H]2c1ccccc1N)(c1ccccc1)C(F)(F)F. The lowest BCUT2D eigenvalue weighted by molar-refractivity contribution is -0.271. The molecule has 2 atom stereocenters. The summed E-state index contributed by atoms with van der Waals surface area (Å²) in [6.45, 7) is 0.572. The van der Waals surface area contributed by atoms with Gasteiger partial charge in [0.25, 0.3) is 11.5 Å². The number of ether oxygens (including phenoxy) is 1. The van der Waals surface area contributed by atoms with Crippen molar-refractivity contribution in [3.8, 4) is 0 Å². The van der Waals surface area contributed by atoms with Gasteiger partial charge < -0.3 is 20.7 Å². The van der Waals surface area contributed by atoms with Gasteiger partial charge in [-0.15, -0.1) is 0 Å². The Kier molecular flexibility index (Phi) is 6.33. The number of para-hydroxylation sites is 1. The van der Waals surface area contributed by atoms with Crippen molar-refractivity contribution in [2.75, 3.05) is 32.5 Å². The molecule has 2 saturated heterocycles. The topological polar surface area (TPSA) is 84.7 Å². The van der Waals surface area contributed by atoms with Gasteiger partial charge in [0.15, 0.2) is 0 Å². The number of nitrogens with one attached hydrogen (secondary N) is 1. The Hall–Kier alpha value is -3.07. The quantitative estimate of drug-likeness (QED) is 0.662. The molecule has 0 radical (unpaired) electrons. The van der Waals surface area contributed by atoms with Crippen LogP contribution in [-0.4, -0.2) is 49.6 Å². The first-order valence-corrected chi connectivity index (χ1v) is 11.2. The maximum atomic E-state index is 14.4. The lowest BCUT2D eigenvalue weighted by Crippen LogP contribution is -2.60. The summed E-state index contributed by atoms with van der Waals surface area (Å²) in [5.74, 6) is -1.33. The number of amides is 2. The van der Waals surface area contributed by atoms with E-state index in [1.165, 1.54) is 29.2 Å². The maximum Gasteiger partial charge on any atom is 0.430 e. The van der Waals surface area contributed by atoms with Crippen molar-refractivity contribution >= 4 is 17.5 Å². The van der Waals surface area contributed by atoms with Crippen LogP contribution in [0.3, 0.4) is 0 Å². The molecule has 9 heteroatoms. The second-order valence-electron chi connectivity index (χ2n) is 9.07. The number of hydrogen-bond donors (Lipinski definition) is 2. The molecule has 2 aliphatic rings. The van der Waals surface area contributed by atoms with Crippen LogP contribution < -0.4 is 11.1 Å². The number of carbonyl (C=O) groups is 2. The van der Waals surface area contributed by atoms with Crippen molar-refractivity contribution in [1.82, 2.24) is 10.2 Å². The molecule has 0 aromatic heterocycles. The van der Waals surface area contributed by atoms with Gasteiger partial charge in [0, 0.05) is 50.3 Å². The van der Waals surface area contributed by atoms with Gasteiger partial charge in [0.2, 0.25) is 5.91 Å². The highest BCUT2D eigenvalue weighted by Crippen LogP contribution is 2.51. The Bertz CT molecular complexity index is 1050. The fraction of sp³-hybridized carbons (Fsp3) is 0.440. The molecule has 4 rings (SSSR count). The van der Waals surface area contributed by atoms with E-state index in [0.29, 0.717) is 25.1 Å². The first-order chi connectivity index (χ1) is 16.1. The predicted octanol–water partition coefficient (Wildman–Crippen LogP) is 3.59. The van der Waals surface area contributed by atoms with Crippen molar-refractivity contribution in [2.45, 2.75) is 37.0 Å². The van der Waals surface area contributed by atoms with Gasteiger partial charge in [-0.3, -0.25) is 9.59 Å². The molecule has 0 unspecified atom stereocenters. The normalized spacial score (nSPS) is 22.2. The van der Waals surface area contributed by atoms with Gasteiger partial charge in [-0.1, -0.05) is 48.5 Å². The van der Waals surface area contributed by atoms with E-state index >= 15 is 0 Å². The molecule has 0 aliphatic carbocycles. The number of benzene rings is 2. The van der Waals surface area contributed by atoms with Crippen LogP contribution in [0.25, 0.3) is 0 Å². The lowest BCUT2D eigenvalue weighted by Gasteiger charge is -2.50. The average molecular weight is 476 g/mol. The lowest BCUT2D eigenvalue weighted by atomic mass is 9.62. The molecule has 2 aromatic rings. The average Bonchev–Trinajstić information content (AvgIpc) is 2.81. The summed E-state index contributed by atoms with van der Waals surface area (Å²) < 4.78 is 48.0. The van der Waals surface area contributed by atoms with Crippen molar-refractivity contribution in [1.29, 1.82) is 0 Å². The first kappa shape index (κ1) is 24.1. The Morgan fingerprint density at radius 1 is 1.09 bits per heavy atom. The van der Waals surface area contributed by atoms with Crippen molar-refractivity contribution in [3.05, 3.63) is 65.7 Å². The van der Waals surface area contributed by atoms with Gasteiger partial charge in [-0.05, 0) is 29.9 Å². The molecular formula is C25H28F3N3O3. The minimum Gasteiger partial charge on any atom is -0.398 e. The number of piperidine rings is 2. The first-order valence-electron chi connectivity index (χ1n) is 11.2. The zero-order valence-corrected chi connectivity index (χ0v) is 18.9. The number of nitrogens with two attached hydrogens (primary N) is 1. The molecule has 182 valence electrons. The van der Waals surface area contributed by atoms with Crippen LogP contribution in [0, 0.1) is 5.41 Å². The third-order valence-electron chi connectivity index (χ3n) is 7.36. The fourth-order valence-electron chi connectivity index (χ4n) is 5.51. The zero-order valence-electron chi connectivity index (χ0n) is 18.9. The Balaban J connectivity index is 1.63. The summed E-state index contributed by atoms with van der Waals surface area (Å²) in [7, 11) is 0.906. The number of carbonyl (C=O) groups excluding carboxylic acids is 2. The molecule has 2 heterocycles. The number of nitrogen functional groups attached to an aromatic ring is 1. The van der Waals surface area contributed by atoms with Gasteiger partial charge in [-0.25, -0.2) is 0 Å². The molecule has 0 bridgehead atoms. The Morgan fingerprint density at radius 2 is 1.71 bits per heavy atom. The molecule has 2 aliphatic heterocycles. The van der Waals surface area contributed by atoms with E-state index < -0.39 is 23.1 Å². The number of hydrogen-bond acceptors (Lipinski definition) is 4. The number of nitrogens with zero attached hydrogens (tertiary/aromatic N) is 1. The molecule has 6 nitrogen and oxygen atoms in total. The minimum absolute atomic E-state index is 0.0867. The smallest absolute Gasteiger partial charge is 0.398 e. The van der Waals surface area contributed by atoms with Crippen molar-refractivity contribution < 1.29 is 27.5 Å². The number of halogens is 3. The highest BCUT2D eigenvalue weighted by atomic mass is 19.4. The maximum absolute atomic E-state index is 14.4. The molecule has 1 spiro atoms. The zero-order chi connectivity index (χ0) is 24.6. The third-order valence-corrected chi connectivity index (χ3v) is 7.36. The van der Waals surface area contributed by atoms with Gasteiger partial charge >= 0.3 is 6.18 Å². The minimum atomic E-state index is -4.96. The predicted molar refractivity (Wildman–Crippen MR) is 121 cm³/mol. The Morgan fingerprint density at radius 3 is 2.29 bits per heavy atom. The largest absolute Gasteiger partial charge is 0.430 e. The molecule has 2 fully saturated rings. The summed E-state index contributed by atoms with van der Waals surface area (Å²) >= 11 is 0. The second-order valence-corrected chi connectivity index (χ2v) is 9.07. The van der Waals surface area contributed by atoms with Gasteiger partial charge in [0.1, 0.15) is 0 Å². The molecule has 2 amide bonds. The van der Waals surface area contributed by atoms with Crippen LogP contribution >= 0.6 is 0 Å². The number of anilines is 1. The summed E-state index contributed by atoms with van der Waals surface area (Å²) in [5, 5.41) is 2.89. The van der Waals surface area contributed by atoms with Crippen LogP contribution in [0.5, 0.6) is 0 Å². The number of methoxy groups -OCH3 is 1. The molecule has 34 heavy (non-hydrogen) atoms. The van der Waals surface area contributed by atoms with Crippen LogP contribution in [0.15, 0.2) is 54.6 Å². The van der Waals surface area contributed by atoms with Crippen LogP contribution in [0.1, 0.15) is 36.3 Å². The molecule has 3 N–H and O–H groups in total. The monoisotopic (exact) mass is 475 g/mol. The number of alkyl halides is 3. The van der Waals surface area contributed by atoms with E-state index in [1.807, 2.05) is 18.2 Å². The van der Waals surface area contributed by atoms with E-state index in [-0.39, 0.29) is 36.9 Å². The van der Waals surface area contributed by atoms with Crippen molar-refractivity contribution in [3.63, 3.8) is 0 Å². The van der Waals surface area contributed by atoms with E-state index in [2.05, 4.69) is 5.32 Å². The number of likely N-dealkylation sites (tertiary alicyclic amines) is 1. The van der Waals surface area contributed by atoms with E-state index in [1.54, 1.807) is 12.1 Å². The second kappa shape index (κ2) is 8.94. The summed E-state index contributed by atoms with van der Waals surface area (Å²) in [4.78, 5) is 27.0. The summed E-state index contributed by atoms with van der Waals surface area (Å²) in [6, 6.07) is 14.4. The van der Waals surface area contributed by atoms with Crippen LogP contribution in [-0.2, 0) is 19.9 Å². The van der Waals surface area contributed by atoms with Gasteiger partial charge in [0.05, 0.1) is 0 Å². The highest BCUT2D eigenvalue weighted by Gasteiger charge is 2.64. The molecule has 2 aromatic carbocycles. The summed E-state index contributed by atoms with van der Waals surface area (Å²) in [5.41, 5.74) is 3.90. The fourth-order valence-corrected chi connectivity index (χ4v) is 5.51. The molecular weight excluding hydrogens is 447 g/mol. The van der Waals surface area contributed by atoms with Gasteiger partial charge in [-0.2, -0.15) is 13.2 Å². The molecule has 0 saturated carbocycles. The summed E-state index contributed by atoms with van der Waals surface area (Å²) in [6.07, 6.45) is -3.95. The van der Waals surface area contributed by atoms with Crippen LogP contribution in [0.2, 0.25) is 0 Å². The van der Waals surface area contributed by atoms with E-state index in [4.69, 9.17) is 10.5 Å². The third kappa shape index (κ3) is 3.91. The van der Waals surface area contributed by atoms with E-state index in [9.17, 15) is 22.8 Å². The van der Waals surface area contributed by atoms with Crippen LogP contribution in [0.4, 0.5) is 18.9 Å². The standard InChI is InChI=1S/C25H28F3N3O3/c1-34-24(25(26,27)28,17-7-3-2-4-8-17)22(33)31-13-11-23(12-14-31)15-21(32)30-16-19(23)18-9-5-6-10-20(18)29/h2-10,19H,11-16,29H2,1H3,(H,30,32)/t19-,24+/m0/s1. The van der Waals surface area contributed by atoms with E-state index in [0.717, 1.165) is 12.7 Å².